The molecule has 2 aliphatic rings. The summed E-state index contributed by atoms with van der Waals surface area (Å²) in [5.41, 5.74) is 1.86. The van der Waals surface area contributed by atoms with Gasteiger partial charge in [-0.05, 0) is 32.0 Å². The summed E-state index contributed by atoms with van der Waals surface area (Å²) in [5.74, 6) is 1.22. The van der Waals surface area contributed by atoms with Crippen LogP contribution in [0.4, 0.5) is 5.69 Å². The van der Waals surface area contributed by atoms with E-state index in [-0.39, 0.29) is 11.9 Å². The molecule has 24 heavy (non-hydrogen) atoms. The number of likely N-dealkylation sites (tertiary alicyclic amines) is 1. The number of hydrogen-bond donors (Lipinski definition) is 0. The number of fused-ring (bicyclic) bond motifs is 1. The number of hydrogen-bond acceptors (Lipinski definition) is 3. The molecular weight excluding hydrogens is 300 g/mol. The molecule has 5 nitrogen and oxygen atoms in total. The smallest absolute Gasteiger partial charge is 0.274 e. The third-order valence-electron chi connectivity index (χ3n) is 5.25. The van der Waals surface area contributed by atoms with E-state index >= 15 is 0 Å². The second kappa shape index (κ2) is 5.96. The molecule has 2 atom stereocenters. The lowest BCUT2D eigenvalue weighted by atomic mass is 10.0. The normalized spacial score (nSPS) is 23.1. The van der Waals surface area contributed by atoms with Crippen molar-refractivity contribution in [2.45, 2.75) is 19.9 Å². The molecule has 2 aromatic rings. The zero-order valence-corrected chi connectivity index (χ0v) is 14.3. The van der Waals surface area contributed by atoms with Gasteiger partial charge in [0.1, 0.15) is 5.69 Å². The van der Waals surface area contributed by atoms with E-state index in [0.29, 0.717) is 17.5 Å². The Kier molecular flexibility index (Phi) is 3.79. The Labute approximate surface area is 142 Å². The molecule has 2 saturated heterocycles. The number of benzene rings is 1. The van der Waals surface area contributed by atoms with Crippen molar-refractivity contribution in [3.8, 4) is 0 Å². The van der Waals surface area contributed by atoms with Gasteiger partial charge < -0.3 is 9.80 Å². The first-order valence-corrected chi connectivity index (χ1v) is 8.76. The summed E-state index contributed by atoms with van der Waals surface area (Å²) < 4.78 is 1.85. The minimum absolute atomic E-state index is 0.0788. The predicted octanol–water partition coefficient (Wildman–Crippen LogP) is 2.67. The van der Waals surface area contributed by atoms with Crippen molar-refractivity contribution in [3.05, 3.63) is 48.3 Å². The molecule has 1 aromatic carbocycles. The minimum atomic E-state index is 0.0788. The average molecular weight is 324 g/mol. The van der Waals surface area contributed by atoms with E-state index in [1.54, 1.807) is 0 Å². The van der Waals surface area contributed by atoms with E-state index in [1.807, 2.05) is 21.8 Å². The molecule has 0 N–H and O–H groups in total. The highest BCUT2D eigenvalue weighted by Gasteiger charge is 2.42. The molecule has 0 spiro atoms. The number of nitrogens with zero attached hydrogens (tertiary/aromatic N) is 4. The Hall–Kier alpha value is -2.30. The monoisotopic (exact) mass is 324 g/mol. The van der Waals surface area contributed by atoms with Gasteiger partial charge in [0.15, 0.2) is 0 Å². The molecule has 2 aliphatic heterocycles. The van der Waals surface area contributed by atoms with Crippen LogP contribution in [0.5, 0.6) is 0 Å². The molecule has 0 bridgehead atoms. The topological polar surface area (TPSA) is 41.4 Å². The summed E-state index contributed by atoms with van der Waals surface area (Å²) in [6.07, 6.45) is 1.89. The molecule has 5 heteroatoms. The number of rotatable bonds is 3. The minimum Gasteiger partial charge on any atom is -0.371 e. The molecule has 0 saturated carbocycles. The van der Waals surface area contributed by atoms with Gasteiger partial charge in [-0.15, -0.1) is 0 Å². The zero-order valence-electron chi connectivity index (χ0n) is 14.3. The third kappa shape index (κ3) is 2.68. The molecule has 0 aliphatic carbocycles. The highest BCUT2D eigenvalue weighted by Crippen LogP contribution is 2.34. The van der Waals surface area contributed by atoms with Crippen LogP contribution in [0.3, 0.4) is 0 Å². The SMILES string of the molecule is CC(C)n1ccc(C(=O)N2C[C@@H]3CN(c4ccccc4)C[C@H]3C2)n1. The summed E-state index contributed by atoms with van der Waals surface area (Å²) in [7, 11) is 0. The maximum Gasteiger partial charge on any atom is 0.274 e. The summed E-state index contributed by atoms with van der Waals surface area (Å²) in [4.78, 5) is 17.1. The van der Waals surface area contributed by atoms with Gasteiger partial charge in [-0.1, -0.05) is 18.2 Å². The van der Waals surface area contributed by atoms with E-state index in [2.05, 4.69) is 54.2 Å². The molecule has 126 valence electrons. The number of carbonyl (C=O) groups excluding carboxylic acids is 1. The van der Waals surface area contributed by atoms with E-state index < -0.39 is 0 Å². The van der Waals surface area contributed by atoms with Crippen molar-refractivity contribution in [2.24, 2.45) is 11.8 Å². The van der Waals surface area contributed by atoms with E-state index in [0.717, 1.165) is 26.2 Å². The van der Waals surface area contributed by atoms with Gasteiger partial charge in [0, 0.05) is 55.9 Å². The molecule has 4 rings (SSSR count). The lowest BCUT2D eigenvalue weighted by Gasteiger charge is -2.22. The van der Waals surface area contributed by atoms with E-state index in [9.17, 15) is 4.79 Å². The number of amides is 1. The lowest BCUT2D eigenvalue weighted by molar-refractivity contribution is 0.0775. The van der Waals surface area contributed by atoms with Gasteiger partial charge in [-0.2, -0.15) is 5.10 Å². The van der Waals surface area contributed by atoms with Crippen LogP contribution >= 0.6 is 0 Å². The van der Waals surface area contributed by atoms with Gasteiger partial charge >= 0.3 is 0 Å². The van der Waals surface area contributed by atoms with Crippen LogP contribution in [0.15, 0.2) is 42.6 Å². The van der Waals surface area contributed by atoms with Crippen molar-refractivity contribution >= 4 is 11.6 Å². The van der Waals surface area contributed by atoms with Crippen molar-refractivity contribution in [3.63, 3.8) is 0 Å². The van der Waals surface area contributed by atoms with Gasteiger partial charge in [-0.25, -0.2) is 0 Å². The first-order chi connectivity index (χ1) is 11.6. The number of para-hydroxylation sites is 1. The largest absolute Gasteiger partial charge is 0.371 e. The van der Waals surface area contributed by atoms with Crippen LogP contribution in [-0.4, -0.2) is 46.8 Å². The van der Waals surface area contributed by atoms with Crippen molar-refractivity contribution in [1.29, 1.82) is 0 Å². The van der Waals surface area contributed by atoms with Crippen LogP contribution < -0.4 is 4.90 Å². The molecule has 1 amide bonds. The van der Waals surface area contributed by atoms with Crippen LogP contribution in [0.25, 0.3) is 0 Å². The van der Waals surface area contributed by atoms with Crippen LogP contribution in [0, 0.1) is 11.8 Å². The summed E-state index contributed by atoms with van der Waals surface area (Å²) >= 11 is 0. The first kappa shape index (κ1) is 15.2. The Morgan fingerprint density at radius 1 is 1.04 bits per heavy atom. The van der Waals surface area contributed by atoms with E-state index in [1.165, 1.54) is 5.69 Å². The third-order valence-corrected chi connectivity index (χ3v) is 5.25. The molecule has 3 heterocycles. The van der Waals surface area contributed by atoms with Gasteiger partial charge in [-0.3, -0.25) is 9.48 Å². The summed E-state index contributed by atoms with van der Waals surface area (Å²) in [6.45, 7) is 7.92. The average Bonchev–Trinajstić information content (AvgIpc) is 3.29. The summed E-state index contributed by atoms with van der Waals surface area (Å²) in [6, 6.07) is 12.7. The molecule has 2 fully saturated rings. The maximum atomic E-state index is 12.7. The van der Waals surface area contributed by atoms with E-state index in [4.69, 9.17) is 0 Å². The van der Waals surface area contributed by atoms with Gasteiger partial charge in [0.25, 0.3) is 5.91 Å². The second-order valence-electron chi connectivity index (χ2n) is 7.25. The fraction of sp³-hybridized carbons (Fsp3) is 0.474. The van der Waals surface area contributed by atoms with Gasteiger partial charge in [0.05, 0.1) is 0 Å². The molecule has 0 radical (unpaired) electrons. The fourth-order valence-electron chi connectivity index (χ4n) is 3.91. The fourth-order valence-corrected chi connectivity index (χ4v) is 3.91. The van der Waals surface area contributed by atoms with Crippen LogP contribution in [0.2, 0.25) is 0 Å². The standard InChI is InChI=1S/C19H24N4O/c1-14(2)23-9-8-18(20-23)19(24)22-12-15-10-21(11-16(15)13-22)17-6-4-3-5-7-17/h3-9,14-16H,10-13H2,1-2H3/t15-,16-/m0/s1. The number of aromatic nitrogens is 2. The Bertz CT molecular complexity index is 710. The quantitative estimate of drug-likeness (QED) is 0.872. The van der Waals surface area contributed by atoms with Crippen LogP contribution in [-0.2, 0) is 0 Å². The van der Waals surface area contributed by atoms with Crippen molar-refractivity contribution in [1.82, 2.24) is 14.7 Å². The predicted molar refractivity (Wildman–Crippen MR) is 94.2 cm³/mol. The van der Waals surface area contributed by atoms with Crippen molar-refractivity contribution in [2.75, 3.05) is 31.1 Å². The molecule has 0 unspecified atom stereocenters. The second-order valence-corrected chi connectivity index (χ2v) is 7.25. The van der Waals surface area contributed by atoms with Gasteiger partial charge in [0.2, 0.25) is 0 Å². The van der Waals surface area contributed by atoms with Crippen molar-refractivity contribution < 1.29 is 4.79 Å². The summed E-state index contributed by atoms with van der Waals surface area (Å²) in [5, 5.41) is 4.43. The first-order valence-electron chi connectivity index (χ1n) is 8.76. The zero-order chi connectivity index (χ0) is 16.7. The highest BCUT2D eigenvalue weighted by atomic mass is 16.2. The number of anilines is 1. The lowest BCUT2D eigenvalue weighted by Crippen LogP contribution is -2.33. The Balaban J connectivity index is 1.41. The maximum absolute atomic E-state index is 12.7. The molecule has 1 aromatic heterocycles. The molecular formula is C19H24N4O. The number of carbonyl (C=O) groups is 1. The Morgan fingerprint density at radius 3 is 2.29 bits per heavy atom. The Morgan fingerprint density at radius 2 is 1.71 bits per heavy atom. The van der Waals surface area contributed by atoms with Crippen LogP contribution in [0.1, 0.15) is 30.4 Å². The highest BCUT2D eigenvalue weighted by molar-refractivity contribution is 5.92.